The molecule has 0 radical (unpaired) electrons. The van der Waals surface area contributed by atoms with Gasteiger partial charge in [0, 0.05) is 28.9 Å². The summed E-state index contributed by atoms with van der Waals surface area (Å²) in [6.45, 7) is 3.87. The molecular weight excluding hydrogens is 362 g/mol. The molecule has 0 fully saturated rings. The maximum absolute atomic E-state index is 12.3. The van der Waals surface area contributed by atoms with E-state index in [1.165, 1.54) is 0 Å². The zero-order chi connectivity index (χ0) is 19.1. The molecule has 0 saturated carbocycles. The molecular formula is C21H22ClN3O2. The lowest BCUT2D eigenvalue weighted by Gasteiger charge is -2.05. The first-order valence-electron chi connectivity index (χ1n) is 8.93. The summed E-state index contributed by atoms with van der Waals surface area (Å²) in [5.41, 5.74) is 3.40. The SMILES string of the molecule is CCNCCOC(=O)Cc1cn(-c2ccccc2)nc1-c1ccc(Cl)cc1. The van der Waals surface area contributed by atoms with Crippen molar-refractivity contribution in [1.82, 2.24) is 15.1 Å². The first kappa shape index (κ1) is 19.1. The molecule has 1 heterocycles. The maximum atomic E-state index is 12.3. The minimum absolute atomic E-state index is 0.164. The van der Waals surface area contributed by atoms with E-state index in [1.807, 2.05) is 67.7 Å². The van der Waals surface area contributed by atoms with Crippen LogP contribution in [0.1, 0.15) is 12.5 Å². The summed E-state index contributed by atoms with van der Waals surface area (Å²) in [5, 5.41) is 8.48. The lowest BCUT2D eigenvalue weighted by Crippen LogP contribution is -2.21. The van der Waals surface area contributed by atoms with Gasteiger partial charge in [0.25, 0.3) is 0 Å². The Morgan fingerprint density at radius 2 is 1.89 bits per heavy atom. The number of nitrogens with one attached hydrogen (secondary N) is 1. The Hall–Kier alpha value is -2.63. The Morgan fingerprint density at radius 1 is 1.15 bits per heavy atom. The van der Waals surface area contributed by atoms with Gasteiger partial charge < -0.3 is 10.1 Å². The molecule has 1 N–H and O–H groups in total. The highest BCUT2D eigenvalue weighted by Gasteiger charge is 2.16. The van der Waals surface area contributed by atoms with Gasteiger partial charge in [0.15, 0.2) is 0 Å². The third-order valence-electron chi connectivity index (χ3n) is 4.06. The topological polar surface area (TPSA) is 56.1 Å². The highest BCUT2D eigenvalue weighted by Crippen LogP contribution is 2.25. The van der Waals surface area contributed by atoms with Gasteiger partial charge in [-0.15, -0.1) is 0 Å². The molecule has 0 aliphatic carbocycles. The molecule has 27 heavy (non-hydrogen) atoms. The van der Waals surface area contributed by atoms with Crippen molar-refractivity contribution >= 4 is 17.6 Å². The van der Waals surface area contributed by atoms with E-state index in [1.54, 1.807) is 4.68 Å². The Morgan fingerprint density at radius 3 is 2.59 bits per heavy atom. The fraction of sp³-hybridized carbons (Fsp3) is 0.238. The van der Waals surface area contributed by atoms with Crippen LogP contribution in [0.5, 0.6) is 0 Å². The van der Waals surface area contributed by atoms with Crippen LogP contribution in [0.2, 0.25) is 5.02 Å². The normalized spacial score (nSPS) is 10.7. The van der Waals surface area contributed by atoms with Crippen LogP contribution in [-0.4, -0.2) is 35.4 Å². The molecule has 6 heteroatoms. The van der Waals surface area contributed by atoms with Crippen LogP contribution in [0.4, 0.5) is 0 Å². The highest BCUT2D eigenvalue weighted by molar-refractivity contribution is 6.30. The number of hydrogen-bond acceptors (Lipinski definition) is 4. The molecule has 0 spiro atoms. The van der Waals surface area contributed by atoms with Crippen LogP contribution in [0, 0.1) is 0 Å². The second-order valence-corrected chi connectivity index (χ2v) is 6.48. The maximum Gasteiger partial charge on any atom is 0.310 e. The van der Waals surface area contributed by atoms with Gasteiger partial charge in [0.2, 0.25) is 0 Å². The molecule has 0 bridgehead atoms. The number of hydrogen-bond donors (Lipinski definition) is 1. The van der Waals surface area contributed by atoms with Crippen LogP contribution >= 0.6 is 11.6 Å². The van der Waals surface area contributed by atoms with E-state index in [4.69, 9.17) is 21.4 Å². The van der Waals surface area contributed by atoms with Crippen LogP contribution < -0.4 is 5.32 Å². The number of halogens is 1. The van der Waals surface area contributed by atoms with Crippen molar-refractivity contribution in [2.45, 2.75) is 13.3 Å². The molecule has 5 nitrogen and oxygen atoms in total. The minimum atomic E-state index is -0.268. The van der Waals surface area contributed by atoms with Crippen molar-refractivity contribution in [3.05, 3.63) is 71.4 Å². The van der Waals surface area contributed by atoms with Gasteiger partial charge in [-0.25, -0.2) is 4.68 Å². The van der Waals surface area contributed by atoms with E-state index in [0.29, 0.717) is 18.2 Å². The number of aromatic nitrogens is 2. The number of carbonyl (C=O) groups is 1. The third-order valence-corrected chi connectivity index (χ3v) is 4.31. The van der Waals surface area contributed by atoms with Gasteiger partial charge in [-0.05, 0) is 30.8 Å². The number of ether oxygens (including phenoxy) is 1. The van der Waals surface area contributed by atoms with Crippen LogP contribution in [0.3, 0.4) is 0 Å². The number of esters is 1. The average Bonchev–Trinajstić information content (AvgIpc) is 3.10. The fourth-order valence-corrected chi connectivity index (χ4v) is 2.85. The Labute approximate surface area is 163 Å². The van der Waals surface area contributed by atoms with E-state index in [9.17, 15) is 4.79 Å². The Balaban J connectivity index is 1.85. The first-order valence-corrected chi connectivity index (χ1v) is 9.31. The lowest BCUT2D eigenvalue weighted by molar-refractivity contribution is -0.142. The number of likely N-dealkylation sites (N-methyl/N-ethyl adjacent to an activating group) is 1. The molecule has 3 rings (SSSR count). The summed E-state index contributed by atoms with van der Waals surface area (Å²) in [5.74, 6) is -0.268. The molecule has 0 saturated heterocycles. The zero-order valence-electron chi connectivity index (χ0n) is 15.2. The molecule has 1 aromatic heterocycles. The van der Waals surface area contributed by atoms with E-state index >= 15 is 0 Å². The van der Waals surface area contributed by atoms with Crippen LogP contribution in [-0.2, 0) is 16.0 Å². The van der Waals surface area contributed by atoms with Crippen LogP contribution in [0.15, 0.2) is 60.8 Å². The molecule has 0 amide bonds. The van der Waals surface area contributed by atoms with Crippen molar-refractivity contribution in [3.63, 3.8) is 0 Å². The smallest absolute Gasteiger partial charge is 0.310 e. The van der Waals surface area contributed by atoms with Crippen molar-refractivity contribution < 1.29 is 9.53 Å². The van der Waals surface area contributed by atoms with Gasteiger partial charge in [-0.3, -0.25) is 4.79 Å². The van der Waals surface area contributed by atoms with Gasteiger partial charge in [-0.2, -0.15) is 5.10 Å². The Kier molecular flexibility index (Phi) is 6.63. The molecule has 0 atom stereocenters. The molecule has 3 aromatic rings. The average molecular weight is 384 g/mol. The third kappa shape index (κ3) is 5.18. The quantitative estimate of drug-likeness (QED) is 0.473. The van der Waals surface area contributed by atoms with Crippen molar-refractivity contribution in [2.24, 2.45) is 0 Å². The van der Waals surface area contributed by atoms with Gasteiger partial charge in [0.1, 0.15) is 6.61 Å². The van der Waals surface area contributed by atoms with Crippen molar-refractivity contribution in [2.75, 3.05) is 19.7 Å². The summed E-state index contributed by atoms with van der Waals surface area (Å²) < 4.78 is 7.10. The standard InChI is InChI=1S/C21H22ClN3O2/c1-2-23-12-13-27-20(26)14-17-15-25(19-6-4-3-5-7-19)24-21(17)16-8-10-18(22)11-9-16/h3-11,15,23H,2,12-14H2,1H3. The summed E-state index contributed by atoms with van der Waals surface area (Å²) in [6.07, 6.45) is 2.04. The van der Waals surface area contributed by atoms with E-state index in [0.717, 1.165) is 29.1 Å². The summed E-state index contributed by atoms with van der Waals surface area (Å²) in [7, 11) is 0. The van der Waals surface area contributed by atoms with E-state index < -0.39 is 0 Å². The van der Waals surface area contributed by atoms with E-state index in [2.05, 4.69) is 5.32 Å². The molecule has 0 aliphatic heterocycles. The summed E-state index contributed by atoms with van der Waals surface area (Å²) in [6, 6.07) is 17.2. The van der Waals surface area contributed by atoms with Gasteiger partial charge in [0.05, 0.1) is 17.8 Å². The van der Waals surface area contributed by atoms with Gasteiger partial charge >= 0.3 is 5.97 Å². The number of para-hydroxylation sites is 1. The molecule has 0 unspecified atom stereocenters. The van der Waals surface area contributed by atoms with E-state index in [-0.39, 0.29) is 12.4 Å². The fourth-order valence-electron chi connectivity index (χ4n) is 2.72. The number of nitrogens with zero attached hydrogens (tertiary/aromatic N) is 2. The predicted molar refractivity (Wildman–Crippen MR) is 107 cm³/mol. The first-order chi connectivity index (χ1) is 13.2. The molecule has 0 aliphatic rings. The van der Waals surface area contributed by atoms with Crippen LogP contribution in [0.25, 0.3) is 16.9 Å². The predicted octanol–water partition coefficient (Wildman–Crippen LogP) is 3.89. The second kappa shape index (κ2) is 9.35. The minimum Gasteiger partial charge on any atom is -0.464 e. The second-order valence-electron chi connectivity index (χ2n) is 6.04. The number of benzene rings is 2. The largest absolute Gasteiger partial charge is 0.464 e. The molecule has 140 valence electrons. The summed E-state index contributed by atoms with van der Waals surface area (Å²) in [4.78, 5) is 12.3. The van der Waals surface area contributed by atoms with Gasteiger partial charge in [-0.1, -0.05) is 48.9 Å². The Bertz CT molecular complexity index is 876. The molecule has 2 aromatic carbocycles. The monoisotopic (exact) mass is 383 g/mol. The number of carbonyl (C=O) groups excluding carboxylic acids is 1. The lowest BCUT2D eigenvalue weighted by atomic mass is 10.1. The zero-order valence-corrected chi connectivity index (χ0v) is 15.9. The number of rotatable bonds is 8. The van der Waals surface area contributed by atoms with Crippen molar-refractivity contribution in [1.29, 1.82) is 0 Å². The summed E-state index contributed by atoms with van der Waals surface area (Å²) >= 11 is 6.00. The van der Waals surface area contributed by atoms with Crippen molar-refractivity contribution in [3.8, 4) is 16.9 Å². The highest BCUT2D eigenvalue weighted by atomic mass is 35.5.